The molecule has 0 spiro atoms. The summed E-state index contributed by atoms with van der Waals surface area (Å²) in [6, 6.07) is 2.27. The summed E-state index contributed by atoms with van der Waals surface area (Å²) >= 11 is 4.57. The Kier molecular flexibility index (Phi) is 4.75. The van der Waals surface area contributed by atoms with Gasteiger partial charge in [-0.3, -0.25) is 5.43 Å². The lowest BCUT2D eigenvalue weighted by Gasteiger charge is -2.32. The van der Waals surface area contributed by atoms with E-state index in [0.717, 1.165) is 12.1 Å². The number of hydrogen-bond donors (Lipinski definition) is 2. The minimum Gasteiger partial charge on any atom is -0.399 e. The highest BCUT2D eigenvalue weighted by molar-refractivity contribution is 7.80. The van der Waals surface area contributed by atoms with Crippen molar-refractivity contribution >= 4 is 36.1 Å². The number of hydrogen-bond acceptors (Lipinski definition) is 4. The van der Waals surface area contributed by atoms with Crippen molar-refractivity contribution in [1.82, 2.24) is 5.43 Å². The zero-order valence-corrected chi connectivity index (χ0v) is 14.1. The highest BCUT2D eigenvalue weighted by Crippen LogP contribution is 2.36. The van der Waals surface area contributed by atoms with Crippen LogP contribution in [0.2, 0.25) is 0 Å². The molecule has 3 N–H and O–H groups in total. The number of nitrogens with zero attached hydrogens (tertiary/aromatic N) is 1. The van der Waals surface area contributed by atoms with Crippen molar-refractivity contribution in [2.45, 2.75) is 38.9 Å². The van der Waals surface area contributed by atoms with Gasteiger partial charge in [0.2, 0.25) is 0 Å². The van der Waals surface area contributed by atoms with Crippen LogP contribution in [0.15, 0.2) is 17.2 Å². The van der Waals surface area contributed by atoms with Crippen LogP contribution >= 0.6 is 12.2 Å². The minimum absolute atomic E-state index is 0.0453. The van der Waals surface area contributed by atoms with Crippen LogP contribution in [-0.2, 0) is 9.31 Å². The third-order valence-electron chi connectivity index (χ3n) is 3.98. The molecule has 5 nitrogen and oxygen atoms in total. The number of nitrogens with one attached hydrogen (secondary N) is 1. The Balaban J connectivity index is 2.29. The van der Waals surface area contributed by atoms with Gasteiger partial charge in [-0.2, -0.15) is 5.10 Å². The smallest absolute Gasteiger partial charge is 0.399 e. The Morgan fingerprint density at radius 3 is 2.13 bits per heavy atom. The van der Waals surface area contributed by atoms with Gasteiger partial charge in [0.15, 0.2) is 5.11 Å². The molecule has 0 amide bonds. The second-order valence-corrected chi connectivity index (χ2v) is 6.66. The van der Waals surface area contributed by atoms with E-state index < -0.39 is 30.0 Å². The monoisotopic (exact) mass is 341 g/mol. The maximum absolute atomic E-state index is 14.3. The third kappa shape index (κ3) is 3.68. The summed E-state index contributed by atoms with van der Waals surface area (Å²) in [6.07, 6.45) is 1.21. The maximum atomic E-state index is 14.3. The van der Waals surface area contributed by atoms with E-state index >= 15 is 0 Å². The molecule has 0 atom stereocenters. The molecule has 1 saturated heterocycles. The molecule has 9 heteroatoms. The first-order valence-electron chi connectivity index (χ1n) is 6.96. The number of nitrogens with two attached hydrogens (primary N) is 1. The quantitative estimate of drug-likeness (QED) is 0.377. The summed E-state index contributed by atoms with van der Waals surface area (Å²) in [7, 11) is -1.11. The summed E-state index contributed by atoms with van der Waals surface area (Å²) in [5.74, 6) is -1.56. The Hall–Kier alpha value is -1.58. The van der Waals surface area contributed by atoms with Crippen molar-refractivity contribution in [2.24, 2.45) is 10.8 Å². The molecule has 0 bridgehead atoms. The normalized spacial score (nSPS) is 19.3. The van der Waals surface area contributed by atoms with Crippen LogP contribution < -0.4 is 16.6 Å². The molecule has 0 aromatic heterocycles. The predicted molar refractivity (Wildman–Crippen MR) is 89.6 cm³/mol. The number of thiocarbonyl (C=S) groups is 1. The fraction of sp³-hybridized carbons (Fsp3) is 0.429. The van der Waals surface area contributed by atoms with Crippen molar-refractivity contribution < 1.29 is 18.1 Å². The second-order valence-electron chi connectivity index (χ2n) is 6.22. The van der Waals surface area contributed by atoms with E-state index in [0.29, 0.717) is 0 Å². The minimum atomic E-state index is -1.11. The van der Waals surface area contributed by atoms with Crippen LogP contribution in [0.25, 0.3) is 0 Å². The van der Waals surface area contributed by atoms with Crippen molar-refractivity contribution in [3.8, 4) is 0 Å². The molecule has 124 valence electrons. The van der Waals surface area contributed by atoms with Crippen molar-refractivity contribution in [2.75, 3.05) is 0 Å². The van der Waals surface area contributed by atoms with Crippen LogP contribution in [0.1, 0.15) is 33.3 Å². The third-order valence-corrected chi connectivity index (χ3v) is 4.07. The van der Waals surface area contributed by atoms with Crippen LogP contribution in [0, 0.1) is 11.6 Å². The molecular weight excluding hydrogens is 323 g/mol. The van der Waals surface area contributed by atoms with Gasteiger partial charge >= 0.3 is 7.12 Å². The molecule has 0 unspecified atom stereocenters. The molecule has 1 aliphatic heterocycles. The molecule has 1 fully saturated rings. The van der Waals surface area contributed by atoms with Gasteiger partial charge in [-0.05, 0) is 52.0 Å². The van der Waals surface area contributed by atoms with Gasteiger partial charge in [-0.1, -0.05) is 0 Å². The Morgan fingerprint density at radius 1 is 1.22 bits per heavy atom. The molecule has 0 radical (unpaired) electrons. The molecular formula is C14H18BF2N3O2S. The van der Waals surface area contributed by atoms with Gasteiger partial charge in [0.05, 0.1) is 22.9 Å². The zero-order valence-electron chi connectivity index (χ0n) is 13.3. The van der Waals surface area contributed by atoms with Gasteiger partial charge < -0.3 is 15.0 Å². The average molecular weight is 341 g/mol. The summed E-state index contributed by atoms with van der Waals surface area (Å²) in [5.41, 5.74) is 6.09. The lowest BCUT2D eigenvalue weighted by atomic mass is 9.77. The van der Waals surface area contributed by atoms with Crippen LogP contribution in [-0.4, -0.2) is 29.6 Å². The summed E-state index contributed by atoms with van der Waals surface area (Å²) in [4.78, 5) is 0. The zero-order chi connectivity index (χ0) is 17.4. The van der Waals surface area contributed by atoms with E-state index in [4.69, 9.17) is 15.0 Å². The number of halogens is 2. The largest absolute Gasteiger partial charge is 0.500 e. The van der Waals surface area contributed by atoms with Crippen LogP contribution in [0.4, 0.5) is 8.78 Å². The maximum Gasteiger partial charge on any atom is 0.500 e. The first kappa shape index (κ1) is 17.8. The van der Waals surface area contributed by atoms with E-state index in [2.05, 4.69) is 22.7 Å². The van der Waals surface area contributed by atoms with Crippen molar-refractivity contribution in [3.05, 3.63) is 29.3 Å². The van der Waals surface area contributed by atoms with E-state index in [1.165, 1.54) is 6.21 Å². The summed E-state index contributed by atoms with van der Waals surface area (Å²) in [6.45, 7) is 7.24. The topological polar surface area (TPSA) is 68.9 Å². The number of rotatable bonds is 3. The molecule has 1 heterocycles. The highest BCUT2D eigenvalue weighted by Gasteiger charge is 2.53. The van der Waals surface area contributed by atoms with Gasteiger partial charge in [0.25, 0.3) is 0 Å². The molecule has 1 aromatic rings. The lowest BCUT2D eigenvalue weighted by molar-refractivity contribution is 0.00578. The van der Waals surface area contributed by atoms with Gasteiger partial charge in [0.1, 0.15) is 11.6 Å². The van der Waals surface area contributed by atoms with E-state index in [-0.39, 0.29) is 16.1 Å². The Morgan fingerprint density at radius 2 is 1.70 bits per heavy atom. The van der Waals surface area contributed by atoms with Crippen molar-refractivity contribution in [3.63, 3.8) is 0 Å². The average Bonchev–Trinajstić information content (AvgIpc) is 2.56. The summed E-state index contributed by atoms with van der Waals surface area (Å²) < 4.78 is 40.0. The molecule has 23 heavy (non-hydrogen) atoms. The molecule has 2 rings (SSSR count). The van der Waals surface area contributed by atoms with E-state index in [9.17, 15) is 8.78 Å². The Labute approximate surface area is 139 Å². The lowest BCUT2D eigenvalue weighted by Crippen LogP contribution is -2.41. The predicted octanol–water partition coefficient (Wildman–Crippen LogP) is 1.43. The van der Waals surface area contributed by atoms with Crippen molar-refractivity contribution in [1.29, 1.82) is 0 Å². The highest BCUT2D eigenvalue weighted by atomic mass is 32.1. The molecule has 1 aliphatic rings. The number of hydrazone groups is 1. The summed E-state index contributed by atoms with van der Waals surface area (Å²) in [5, 5.41) is 3.61. The molecule has 0 aliphatic carbocycles. The first-order valence-corrected chi connectivity index (χ1v) is 7.37. The standard InChI is InChI=1S/C14H18BF2N3O2S/c1-13(2)14(3,4)22-15(21-13)11-9(16)5-8(6-10(11)17)7-19-20-12(18)23/h5-7H,1-4H3,(H3,18,20,23). The molecule has 1 aromatic carbocycles. The fourth-order valence-electron chi connectivity index (χ4n) is 2.03. The van der Waals surface area contributed by atoms with Gasteiger partial charge in [-0.25, -0.2) is 8.78 Å². The van der Waals surface area contributed by atoms with E-state index in [1.807, 2.05) is 27.7 Å². The fourth-order valence-corrected chi connectivity index (χ4v) is 2.09. The first-order chi connectivity index (χ1) is 10.5. The second kappa shape index (κ2) is 6.14. The number of benzene rings is 1. The van der Waals surface area contributed by atoms with Crippen LogP contribution in [0.3, 0.4) is 0 Å². The molecule has 0 saturated carbocycles. The van der Waals surface area contributed by atoms with Gasteiger partial charge in [0, 0.05) is 5.56 Å². The van der Waals surface area contributed by atoms with Crippen LogP contribution in [0.5, 0.6) is 0 Å². The Bertz CT molecular complexity index is 628. The SMILES string of the molecule is CC1(C)OB(c2c(F)cc(C=NNC(N)=S)cc2F)OC1(C)C. The van der Waals surface area contributed by atoms with Gasteiger partial charge in [-0.15, -0.1) is 0 Å². The van der Waals surface area contributed by atoms with E-state index in [1.54, 1.807) is 0 Å².